The van der Waals surface area contributed by atoms with Gasteiger partial charge >= 0.3 is 6.03 Å². The third-order valence-electron chi connectivity index (χ3n) is 4.07. The summed E-state index contributed by atoms with van der Waals surface area (Å²) in [5.74, 6) is 1.25. The van der Waals surface area contributed by atoms with Gasteiger partial charge in [0, 0.05) is 16.3 Å². The van der Waals surface area contributed by atoms with E-state index in [2.05, 4.69) is 10.6 Å². The molecule has 7 nitrogen and oxygen atoms in total. The number of urea groups is 1. The Morgan fingerprint density at radius 3 is 2.25 bits per heavy atom. The van der Waals surface area contributed by atoms with E-state index in [1.807, 2.05) is 24.3 Å². The van der Waals surface area contributed by atoms with E-state index in [-0.39, 0.29) is 5.91 Å². The Morgan fingerprint density at radius 1 is 0.857 bits per heavy atom. The second kappa shape index (κ2) is 7.61. The summed E-state index contributed by atoms with van der Waals surface area (Å²) in [6, 6.07) is 15.5. The summed E-state index contributed by atoms with van der Waals surface area (Å²) >= 11 is 1.39. The van der Waals surface area contributed by atoms with Crippen molar-refractivity contribution in [3.8, 4) is 21.9 Å². The molecular formula is C20H17N3O4S. The molecule has 0 fully saturated rings. The van der Waals surface area contributed by atoms with E-state index in [0.717, 1.165) is 16.2 Å². The van der Waals surface area contributed by atoms with E-state index in [0.29, 0.717) is 35.2 Å². The van der Waals surface area contributed by atoms with Crippen LogP contribution < -0.4 is 25.8 Å². The molecule has 1 aromatic heterocycles. The van der Waals surface area contributed by atoms with Gasteiger partial charge in [0.15, 0.2) is 11.5 Å². The zero-order chi connectivity index (χ0) is 19.5. The molecular weight excluding hydrogens is 378 g/mol. The lowest BCUT2D eigenvalue weighted by atomic mass is 10.1. The Hall–Kier alpha value is -3.52. The summed E-state index contributed by atoms with van der Waals surface area (Å²) in [6.45, 7) is 1.08. The van der Waals surface area contributed by atoms with Crippen LogP contribution in [0.1, 0.15) is 9.67 Å². The van der Waals surface area contributed by atoms with Gasteiger partial charge in [-0.3, -0.25) is 4.79 Å². The summed E-state index contributed by atoms with van der Waals surface area (Å²) < 4.78 is 11.2. The highest BCUT2D eigenvalue weighted by Crippen LogP contribution is 2.37. The van der Waals surface area contributed by atoms with Gasteiger partial charge in [-0.1, -0.05) is 0 Å². The Kier molecular flexibility index (Phi) is 4.86. The minimum atomic E-state index is -0.637. The van der Waals surface area contributed by atoms with Crippen LogP contribution in [0.5, 0.6) is 11.5 Å². The number of anilines is 2. The maximum atomic E-state index is 12.5. The molecule has 1 aliphatic heterocycles. The van der Waals surface area contributed by atoms with Gasteiger partial charge in [0.05, 0.1) is 4.88 Å². The van der Waals surface area contributed by atoms with Crippen LogP contribution in [-0.4, -0.2) is 25.2 Å². The van der Waals surface area contributed by atoms with Crippen LogP contribution in [0.4, 0.5) is 16.2 Å². The van der Waals surface area contributed by atoms with Crippen molar-refractivity contribution >= 4 is 34.6 Å². The van der Waals surface area contributed by atoms with Crippen molar-refractivity contribution in [2.75, 3.05) is 23.8 Å². The smallest absolute Gasteiger partial charge is 0.316 e. The van der Waals surface area contributed by atoms with E-state index >= 15 is 0 Å². The molecule has 4 rings (SSSR count). The summed E-state index contributed by atoms with van der Waals surface area (Å²) in [7, 11) is 0. The number of benzene rings is 2. The molecule has 2 aromatic carbocycles. The van der Waals surface area contributed by atoms with E-state index in [4.69, 9.17) is 15.2 Å². The molecule has 3 aromatic rings. The molecule has 0 saturated heterocycles. The molecule has 0 atom stereocenters. The van der Waals surface area contributed by atoms with Gasteiger partial charge in [-0.05, 0) is 60.2 Å². The number of amides is 3. The van der Waals surface area contributed by atoms with Gasteiger partial charge in [-0.2, -0.15) is 0 Å². The van der Waals surface area contributed by atoms with Crippen LogP contribution in [0.15, 0.2) is 54.6 Å². The first-order valence-corrected chi connectivity index (χ1v) is 9.38. The largest absolute Gasteiger partial charge is 0.486 e. The highest BCUT2D eigenvalue weighted by atomic mass is 32.1. The molecule has 0 spiro atoms. The Morgan fingerprint density at radius 2 is 1.54 bits per heavy atom. The molecule has 2 heterocycles. The number of hydrogen-bond donors (Lipinski definition) is 3. The monoisotopic (exact) mass is 395 g/mol. The predicted octanol–water partition coefficient (Wildman–Crippen LogP) is 3.93. The number of nitrogens with two attached hydrogens (primary N) is 1. The van der Waals surface area contributed by atoms with Crippen molar-refractivity contribution in [1.82, 2.24) is 0 Å². The quantitative estimate of drug-likeness (QED) is 0.623. The summed E-state index contributed by atoms with van der Waals surface area (Å²) in [6.07, 6.45) is 0. The van der Waals surface area contributed by atoms with Gasteiger partial charge in [-0.25, -0.2) is 4.79 Å². The number of ether oxygens (including phenoxy) is 2. The molecule has 4 N–H and O–H groups in total. The Bertz CT molecular complexity index is 1030. The summed E-state index contributed by atoms with van der Waals surface area (Å²) in [5, 5.41) is 5.31. The highest BCUT2D eigenvalue weighted by molar-refractivity contribution is 7.17. The number of fused-ring (bicyclic) bond motifs is 1. The zero-order valence-corrected chi connectivity index (χ0v) is 15.5. The standard InChI is InChI=1S/C20H17N3O4S/c21-20(25)23-14-4-2-13(3-5-14)22-19(24)18-8-7-17(28-18)12-1-6-15-16(11-12)27-10-9-26-15/h1-8,11H,9-10H2,(H,22,24)(H3,21,23,25). The number of carbonyl (C=O) groups excluding carboxylic acids is 2. The number of primary amides is 1. The third kappa shape index (κ3) is 3.91. The fraction of sp³-hybridized carbons (Fsp3) is 0.100. The van der Waals surface area contributed by atoms with Crippen LogP contribution in [0.2, 0.25) is 0 Å². The Labute approximate surface area is 165 Å². The molecule has 0 bridgehead atoms. The minimum absolute atomic E-state index is 0.204. The predicted molar refractivity (Wildman–Crippen MR) is 108 cm³/mol. The second-order valence-corrected chi connectivity index (χ2v) is 7.13. The molecule has 3 amide bonds. The van der Waals surface area contributed by atoms with Crippen molar-refractivity contribution < 1.29 is 19.1 Å². The lowest BCUT2D eigenvalue weighted by molar-refractivity contribution is 0.103. The van der Waals surface area contributed by atoms with Crippen molar-refractivity contribution in [3.63, 3.8) is 0 Å². The van der Waals surface area contributed by atoms with Gasteiger partial charge in [0.25, 0.3) is 5.91 Å². The van der Waals surface area contributed by atoms with E-state index < -0.39 is 6.03 Å². The SMILES string of the molecule is NC(=O)Nc1ccc(NC(=O)c2ccc(-c3ccc4c(c3)OCCO4)s2)cc1. The molecule has 142 valence electrons. The van der Waals surface area contributed by atoms with Gasteiger partial charge in [-0.15, -0.1) is 11.3 Å². The van der Waals surface area contributed by atoms with Crippen molar-refractivity contribution in [3.05, 3.63) is 59.5 Å². The van der Waals surface area contributed by atoms with Gasteiger partial charge in [0.2, 0.25) is 0 Å². The van der Waals surface area contributed by atoms with Crippen molar-refractivity contribution in [1.29, 1.82) is 0 Å². The lowest BCUT2D eigenvalue weighted by Gasteiger charge is -2.18. The molecule has 0 aliphatic carbocycles. The van der Waals surface area contributed by atoms with Crippen molar-refractivity contribution in [2.45, 2.75) is 0 Å². The number of nitrogens with one attached hydrogen (secondary N) is 2. The molecule has 0 saturated carbocycles. The topological polar surface area (TPSA) is 103 Å². The first-order valence-electron chi connectivity index (χ1n) is 8.56. The molecule has 0 radical (unpaired) electrons. The fourth-order valence-corrected chi connectivity index (χ4v) is 3.68. The van der Waals surface area contributed by atoms with Crippen LogP contribution in [0.3, 0.4) is 0 Å². The maximum Gasteiger partial charge on any atom is 0.316 e. The van der Waals surface area contributed by atoms with E-state index in [1.54, 1.807) is 30.3 Å². The third-order valence-corrected chi connectivity index (χ3v) is 5.20. The normalized spacial score (nSPS) is 12.3. The van der Waals surface area contributed by atoms with Crippen LogP contribution >= 0.6 is 11.3 Å². The van der Waals surface area contributed by atoms with Gasteiger partial charge < -0.3 is 25.8 Å². The van der Waals surface area contributed by atoms with E-state index in [9.17, 15) is 9.59 Å². The molecule has 1 aliphatic rings. The molecule has 0 unspecified atom stereocenters. The van der Waals surface area contributed by atoms with Crippen LogP contribution in [-0.2, 0) is 0 Å². The highest BCUT2D eigenvalue weighted by Gasteiger charge is 2.15. The minimum Gasteiger partial charge on any atom is -0.486 e. The van der Waals surface area contributed by atoms with E-state index in [1.165, 1.54) is 11.3 Å². The van der Waals surface area contributed by atoms with Gasteiger partial charge in [0.1, 0.15) is 13.2 Å². The Balaban J connectivity index is 1.46. The van der Waals surface area contributed by atoms with Crippen molar-refractivity contribution in [2.24, 2.45) is 5.73 Å². The van der Waals surface area contributed by atoms with Crippen LogP contribution in [0.25, 0.3) is 10.4 Å². The average molecular weight is 395 g/mol. The maximum absolute atomic E-state index is 12.5. The fourth-order valence-electron chi connectivity index (χ4n) is 2.78. The summed E-state index contributed by atoms with van der Waals surface area (Å²) in [4.78, 5) is 24.9. The average Bonchev–Trinajstić information content (AvgIpc) is 3.19. The lowest BCUT2D eigenvalue weighted by Crippen LogP contribution is -2.19. The first kappa shape index (κ1) is 17.9. The number of carbonyl (C=O) groups is 2. The number of rotatable bonds is 4. The molecule has 8 heteroatoms. The van der Waals surface area contributed by atoms with Crippen LogP contribution in [0, 0.1) is 0 Å². The zero-order valence-electron chi connectivity index (χ0n) is 14.7. The first-order chi connectivity index (χ1) is 13.6. The second-order valence-electron chi connectivity index (χ2n) is 6.04. The number of thiophene rings is 1. The summed E-state index contributed by atoms with van der Waals surface area (Å²) in [5.41, 5.74) is 7.22. The number of hydrogen-bond acceptors (Lipinski definition) is 5. The molecule has 28 heavy (non-hydrogen) atoms.